The molecule has 4 nitrogen and oxygen atoms in total. The standard InChI is InChI=1S/C18H21ClFNO3/c19-14-6-5-7-15(20)17(14)12-10-13(12)18(23)24-11-16(22)21-8-3-1-2-4-9-21/h5-7,12-13H,1-4,8-11H2/t12-,13-/m0/s1. The van der Waals surface area contributed by atoms with E-state index < -0.39 is 17.7 Å². The zero-order valence-corrected chi connectivity index (χ0v) is 14.2. The second kappa shape index (κ2) is 7.51. The van der Waals surface area contributed by atoms with Crippen LogP contribution in [0.4, 0.5) is 4.39 Å². The van der Waals surface area contributed by atoms with Crippen molar-refractivity contribution in [1.82, 2.24) is 4.90 Å². The minimum Gasteiger partial charge on any atom is -0.455 e. The molecule has 2 atom stereocenters. The maximum atomic E-state index is 13.9. The molecule has 3 rings (SSSR count). The molecule has 0 unspecified atom stereocenters. The number of rotatable bonds is 4. The molecule has 0 aromatic heterocycles. The van der Waals surface area contributed by atoms with Crippen LogP contribution in [0.5, 0.6) is 0 Å². The molecule has 1 saturated carbocycles. The molecular formula is C18H21ClFNO3. The number of benzene rings is 1. The van der Waals surface area contributed by atoms with Gasteiger partial charge in [0.15, 0.2) is 6.61 Å². The Morgan fingerprint density at radius 2 is 1.92 bits per heavy atom. The van der Waals surface area contributed by atoms with E-state index in [1.165, 1.54) is 12.1 Å². The second-order valence-corrected chi connectivity index (χ2v) is 6.89. The normalized spacial score (nSPS) is 23.5. The van der Waals surface area contributed by atoms with Crippen molar-refractivity contribution >= 4 is 23.5 Å². The zero-order valence-electron chi connectivity index (χ0n) is 13.5. The molecular weight excluding hydrogens is 333 g/mol. The first-order chi connectivity index (χ1) is 11.6. The maximum absolute atomic E-state index is 13.9. The first-order valence-corrected chi connectivity index (χ1v) is 8.84. The van der Waals surface area contributed by atoms with Gasteiger partial charge in [-0.25, -0.2) is 4.39 Å². The smallest absolute Gasteiger partial charge is 0.310 e. The molecule has 0 radical (unpaired) electrons. The number of hydrogen-bond acceptors (Lipinski definition) is 3. The number of likely N-dealkylation sites (tertiary alicyclic amines) is 1. The van der Waals surface area contributed by atoms with Gasteiger partial charge in [-0.05, 0) is 31.4 Å². The Bertz CT molecular complexity index is 608. The van der Waals surface area contributed by atoms with Gasteiger partial charge in [0.1, 0.15) is 5.82 Å². The zero-order chi connectivity index (χ0) is 17.1. The molecule has 130 valence electrons. The van der Waals surface area contributed by atoms with Crippen LogP contribution in [0.1, 0.15) is 43.6 Å². The van der Waals surface area contributed by atoms with Gasteiger partial charge in [0, 0.05) is 29.6 Å². The Morgan fingerprint density at radius 3 is 2.58 bits per heavy atom. The van der Waals surface area contributed by atoms with Crippen LogP contribution in [0.2, 0.25) is 5.02 Å². The average Bonchev–Trinajstić information content (AvgIpc) is 3.36. The Balaban J connectivity index is 1.51. The highest BCUT2D eigenvalue weighted by Gasteiger charge is 2.47. The Hall–Kier alpha value is -1.62. The molecule has 0 spiro atoms. The van der Waals surface area contributed by atoms with E-state index in [-0.39, 0.29) is 18.4 Å². The summed E-state index contributed by atoms with van der Waals surface area (Å²) in [5, 5.41) is 0.330. The lowest BCUT2D eigenvalue weighted by molar-refractivity contribution is -0.153. The topological polar surface area (TPSA) is 46.6 Å². The summed E-state index contributed by atoms with van der Waals surface area (Å²) in [6.07, 6.45) is 4.77. The molecule has 1 aromatic rings. The number of esters is 1. The first-order valence-electron chi connectivity index (χ1n) is 8.46. The third-order valence-electron chi connectivity index (χ3n) is 4.76. The van der Waals surface area contributed by atoms with E-state index >= 15 is 0 Å². The lowest BCUT2D eigenvalue weighted by Gasteiger charge is -2.19. The van der Waals surface area contributed by atoms with E-state index in [9.17, 15) is 14.0 Å². The van der Waals surface area contributed by atoms with Crippen LogP contribution in [-0.4, -0.2) is 36.5 Å². The van der Waals surface area contributed by atoms with Gasteiger partial charge in [0.2, 0.25) is 0 Å². The lowest BCUT2D eigenvalue weighted by atomic mass is 10.1. The molecule has 6 heteroatoms. The minimum absolute atomic E-state index is 0.147. The second-order valence-electron chi connectivity index (χ2n) is 6.49. The summed E-state index contributed by atoms with van der Waals surface area (Å²) in [6, 6.07) is 4.49. The van der Waals surface area contributed by atoms with Crippen molar-refractivity contribution in [3.05, 3.63) is 34.6 Å². The monoisotopic (exact) mass is 353 g/mol. The van der Waals surface area contributed by atoms with Crippen LogP contribution < -0.4 is 0 Å². The van der Waals surface area contributed by atoms with Gasteiger partial charge in [-0.15, -0.1) is 0 Å². The fourth-order valence-electron chi connectivity index (χ4n) is 3.29. The van der Waals surface area contributed by atoms with Gasteiger partial charge in [-0.3, -0.25) is 9.59 Å². The highest BCUT2D eigenvalue weighted by Crippen LogP contribution is 2.51. The molecule has 1 aromatic carbocycles. The quantitative estimate of drug-likeness (QED) is 0.778. The molecule has 0 bridgehead atoms. The number of amides is 1. The third kappa shape index (κ3) is 3.89. The highest BCUT2D eigenvalue weighted by atomic mass is 35.5. The van der Waals surface area contributed by atoms with Crippen molar-refractivity contribution < 1.29 is 18.7 Å². The molecule has 2 aliphatic rings. The number of nitrogens with zero attached hydrogens (tertiary/aromatic N) is 1. The van der Waals surface area contributed by atoms with E-state index in [2.05, 4.69) is 0 Å². The molecule has 1 aliphatic heterocycles. The Labute approximate surface area is 145 Å². The van der Waals surface area contributed by atoms with Crippen LogP contribution in [0.25, 0.3) is 0 Å². The lowest BCUT2D eigenvalue weighted by Crippen LogP contribution is -2.35. The summed E-state index contributed by atoms with van der Waals surface area (Å²) >= 11 is 6.03. The van der Waals surface area contributed by atoms with Gasteiger partial charge in [-0.2, -0.15) is 0 Å². The SMILES string of the molecule is O=C(OCC(=O)N1CCCCCC1)[C@H]1C[C@@H]1c1c(F)cccc1Cl. The summed E-state index contributed by atoms with van der Waals surface area (Å²) in [7, 11) is 0. The number of hydrogen-bond donors (Lipinski definition) is 0. The minimum atomic E-state index is -0.442. The van der Waals surface area contributed by atoms with Crippen molar-refractivity contribution in [2.75, 3.05) is 19.7 Å². The predicted octanol–water partition coefficient (Wildman–Crippen LogP) is 3.53. The molecule has 1 amide bonds. The predicted molar refractivity (Wildman–Crippen MR) is 88.3 cm³/mol. The number of carbonyl (C=O) groups excluding carboxylic acids is 2. The van der Waals surface area contributed by atoms with Gasteiger partial charge in [0.05, 0.1) is 5.92 Å². The van der Waals surface area contributed by atoms with E-state index in [1.807, 2.05) is 0 Å². The third-order valence-corrected chi connectivity index (χ3v) is 5.09. The summed E-state index contributed by atoms with van der Waals surface area (Å²) in [5.41, 5.74) is 0.375. The van der Waals surface area contributed by atoms with Crippen molar-refractivity contribution in [1.29, 1.82) is 0 Å². The van der Waals surface area contributed by atoms with Crippen LogP contribution >= 0.6 is 11.6 Å². The van der Waals surface area contributed by atoms with Crippen LogP contribution in [-0.2, 0) is 14.3 Å². The molecule has 0 N–H and O–H groups in total. The number of halogens is 2. The van der Waals surface area contributed by atoms with Gasteiger partial charge in [0.25, 0.3) is 5.91 Å². The summed E-state index contributed by atoms with van der Waals surface area (Å²) < 4.78 is 19.0. The summed E-state index contributed by atoms with van der Waals surface area (Å²) in [5.74, 6) is -1.65. The highest BCUT2D eigenvalue weighted by molar-refractivity contribution is 6.31. The van der Waals surface area contributed by atoms with Crippen LogP contribution in [0, 0.1) is 11.7 Å². The van der Waals surface area contributed by atoms with E-state index in [1.54, 1.807) is 11.0 Å². The van der Waals surface area contributed by atoms with E-state index in [0.29, 0.717) is 17.0 Å². The molecule has 1 saturated heterocycles. The Morgan fingerprint density at radius 1 is 1.21 bits per heavy atom. The van der Waals surface area contributed by atoms with Crippen molar-refractivity contribution in [2.45, 2.75) is 38.0 Å². The first kappa shape index (κ1) is 17.2. The molecule has 1 heterocycles. The largest absolute Gasteiger partial charge is 0.455 e. The Kier molecular flexibility index (Phi) is 5.39. The molecule has 1 aliphatic carbocycles. The van der Waals surface area contributed by atoms with Gasteiger partial charge >= 0.3 is 5.97 Å². The fraction of sp³-hybridized carbons (Fsp3) is 0.556. The maximum Gasteiger partial charge on any atom is 0.310 e. The van der Waals surface area contributed by atoms with Crippen molar-refractivity contribution in [3.8, 4) is 0 Å². The molecule has 2 fully saturated rings. The van der Waals surface area contributed by atoms with E-state index in [0.717, 1.165) is 38.8 Å². The van der Waals surface area contributed by atoms with Crippen molar-refractivity contribution in [2.24, 2.45) is 5.92 Å². The average molecular weight is 354 g/mol. The van der Waals surface area contributed by atoms with E-state index in [4.69, 9.17) is 16.3 Å². The number of carbonyl (C=O) groups is 2. The number of ether oxygens (including phenoxy) is 1. The van der Waals surface area contributed by atoms with Crippen LogP contribution in [0.15, 0.2) is 18.2 Å². The summed E-state index contributed by atoms with van der Waals surface area (Å²) in [4.78, 5) is 26.0. The summed E-state index contributed by atoms with van der Waals surface area (Å²) in [6.45, 7) is 1.23. The van der Waals surface area contributed by atoms with Gasteiger partial charge in [-0.1, -0.05) is 30.5 Å². The molecule has 24 heavy (non-hydrogen) atoms. The van der Waals surface area contributed by atoms with Gasteiger partial charge < -0.3 is 9.64 Å². The van der Waals surface area contributed by atoms with Crippen molar-refractivity contribution in [3.63, 3.8) is 0 Å². The fourth-order valence-corrected chi connectivity index (χ4v) is 3.59. The van der Waals surface area contributed by atoms with Crippen LogP contribution in [0.3, 0.4) is 0 Å².